The van der Waals surface area contributed by atoms with Crippen LogP contribution in [0.2, 0.25) is 0 Å². The number of hydrogen-bond donors (Lipinski definition) is 1. The molecule has 1 saturated heterocycles. The van der Waals surface area contributed by atoms with Crippen LogP contribution in [0.25, 0.3) is 0 Å². The van der Waals surface area contributed by atoms with Crippen LogP contribution in [-0.2, 0) is 11.2 Å². The minimum Gasteiger partial charge on any atom is -0.483 e. The van der Waals surface area contributed by atoms with E-state index in [1.54, 1.807) is 0 Å². The van der Waals surface area contributed by atoms with Crippen LogP contribution in [0.4, 0.5) is 0 Å². The highest BCUT2D eigenvalue weighted by Gasteiger charge is 2.24. The van der Waals surface area contributed by atoms with Gasteiger partial charge in [-0.15, -0.1) is 0 Å². The smallest absolute Gasteiger partial charge is 0.260 e. The Kier molecular flexibility index (Phi) is 5.01. The van der Waals surface area contributed by atoms with Crippen LogP contribution in [0, 0.1) is 0 Å². The average Bonchev–Trinajstić information content (AvgIpc) is 2.44. The molecule has 0 saturated carbocycles. The zero-order valence-corrected chi connectivity index (χ0v) is 12.6. The fourth-order valence-corrected chi connectivity index (χ4v) is 2.70. The van der Waals surface area contributed by atoms with Crippen LogP contribution in [0.15, 0.2) is 24.3 Å². The predicted molar refractivity (Wildman–Crippen MR) is 80.0 cm³/mol. The molecule has 1 aromatic rings. The second kappa shape index (κ2) is 6.75. The molecule has 1 aromatic carbocycles. The molecule has 0 aliphatic carbocycles. The molecule has 0 bridgehead atoms. The molecule has 1 aliphatic heterocycles. The second-order valence-electron chi connectivity index (χ2n) is 5.52. The summed E-state index contributed by atoms with van der Waals surface area (Å²) in [5, 5.41) is 3.42. The van der Waals surface area contributed by atoms with E-state index in [1.807, 2.05) is 29.2 Å². The molecule has 0 radical (unpaired) electrons. The first kappa shape index (κ1) is 14.9. The molecule has 0 unspecified atom stereocenters. The van der Waals surface area contributed by atoms with Crippen LogP contribution in [0.1, 0.15) is 26.3 Å². The van der Waals surface area contributed by atoms with Crippen molar-refractivity contribution >= 4 is 5.91 Å². The number of amides is 1. The first-order chi connectivity index (χ1) is 9.60. The monoisotopic (exact) mass is 276 g/mol. The molecule has 110 valence electrons. The van der Waals surface area contributed by atoms with Crippen molar-refractivity contribution in [2.45, 2.75) is 39.3 Å². The van der Waals surface area contributed by atoms with Gasteiger partial charge in [0.15, 0.2) is 6.61 Å². The van der Waals surface area contributed by atoms with Gasteiger partial charge in [-0.25, -0.2) is 0 Å². The minimum atomic E-state index is 0.0658. The summed E-state index contributed by atoms with van der Waals surface area (Å²) in [6.45, 7) is 7.91. The van der Waals surface area contributed by atoms with Gasteiger partial charge in [-0.2, -0.15) is 0 Å². The number of para-hydroxylation sites is 1. The molecular weight excluding hydrogens is 252 g/mol. The van der Waals surface area contributed by atoms with Crippen molar-refractivity contribution in [2.75, 3.05) is 19.7 Å². The third kappa shape index (κ3) is 3.73. The normalized spacial score (nSPS) is 22.6. The summed E-state index contributed by atoms with van der Waals surface area (Å²) < 4.78 is 5.70. The molecule has 1 fully saturated rings. The Balaban J connectivity index is 1.91. The van der Waals surface area contributed by atoms with Crippen molar-refractivity contribution in [2.24, 2.45) is 0 Å². The van der Waals surface area contributed by atoms with Gasteiger partial charge < -0.3 is 15.0 Å². The fourth-order valence-electron chi connectivity index (χ4n) is 2.70. The summed E-state index contributed by atoms with van der Waals surface area (Å²) in [4.78, 5) is 14.1. The Labute approximate surface area is 121 Å². The summed E-state index contributed by atoms with van der Waals surface area (Å²) in [5.41, 5.74) is 1.14. The molecule has 2 atom stereocenters. The van der Waals surface area contributed by atoms with Crippen molar-refractivity contribution in [3.63, 3.8) is 0 Å². The molecule has 2 rings (SSSR count). The lowest BCUT2D eigenvalue weighted by Gasteiger charge is -2.36. The summed E-state index contributed by atoms with van der Waals surface area (Å²) >= 11 is 0. The van der Waals surface area contributed by atoms with Gasteiger partial charge in [-0.05, 0) is 31.9 Å². The van der Waals surface area contributed by atoms with Crippen molar-refractivity contribution in [1.82, 2.24) is 10.2 Å². The van der Waals surface area contributed by atoms with Crippen LogP contribution in [-0.4, -0.2) is 42.6 Å². The largest absolute Gasteiger partial charge is 0.483 e. The van der Waals surface area contributed by atoms with E-state index < -0.39 is 0 Å². The highest BCUT2D eigenvalue weighted by atomic mass is 16.5. The molecule has 1 amide bonds. The Morgan fingerprint density at radius 2 is 1.95 bits per heavy atom. The molecular formula is C16H24N2O2. The van der Waals surface area contributed by atoms with E-state index in [4.69, 9.17) is 4.74 Å². The molecule has 1 heterocycles. The second-order valence-corrected chi connectivity index (χ2v) is 5.52. The highest BCUT2D eigenvalue weighted by molar-refractivity contribution is 5.78. The van der Waals surface area contributed by atoms with Gasteiger partial charge >= 0.3 is 0 Å². The highest BCUT2D eigenvalue weighted by Crippen LogP contribution is 2.18. The quantitative estimate of drug-likeness (QED) is 0.912. The van der Waals surface area contributed by atoms with Gasteiger partial charge in [0.1, 0.15) is 5.75 Å². The maximum Gasteiger partial charge on any atom is 0.260 e. The zero-order chi connectivity index (χ0) is 14.5. The lowest BCUT2D eigenvalue weighted by Crippen LogP contribution is -2.56. The van der Waals surface area contributed by atoms with E-state index in [1.165, 1.54) is 0 Å². The van der Waals surface area contributed by atoms with Crippen LogP contribution in [0.3, 0.4) is 0 Å². The standard InChI is InChI=1S/C16H24N2O2/c1-4-14-7-5-6-8-15(14)20-11-16(19)18-9-12(2)17-13(3)10-18/h5-8,12-13,17H,4,9-11H2,1-3H3/t12-,13+. The Hall–Kier alpha value is -1.55. The molecule has 1 aliphatic rings. The van der Waals surface area contributed by atoms with Crippen LogP contribution < -0.4 is 10.1 Å². The molecule has 0 spiro atoms. The van der Waals surface area contributed by atoms with Crippen molar-refractivity contribution in [1.29, 1.82) is 0 Å². The summed E-state index contributed by atoms with van der Waals surface area (Å²) in [5.74, 6) is 0.885. The van der Waals surface area contributed by atoms with E-state index in [0.717, 1.165) is 30.8 Å². The minimum absolute atomic E-state index is 0.0658. The van der Waals surface area contributed by atoms with E-state index >= 15 is 0 Å². The number of aryl methyl sites for hydroxylation is 1. The van der Waals surface area contributed by atoms with Gasteiger partial charge in [0.2, 0.25) is 0 Å². The summed E-state index contributed by atoms with van der Waals surface area (Å²) in [6.07, 6.45) is 0.909. The lowest BCUT2D eigenvalue weighted by molar-refractivity contribution is -0.135. The number of nitrogens with one attached hydrogen (secondary N) is 1. The Bertz CT molecular complexity index is 452. The van der Waals surface area contributed by atoms with Crippen LogP contribution >= 0.6 is 0 Å². The SMILES string of the molecule is CCc1ccccc1OCC(=O)N1C[C@@H](C)N[C@@H](C)C1. The topological polar surface area (TPSA) is 41.6 Å². The molecule has 20 heavy (non-hydrogen) atoms. The van der Waals surface area contributed by atoms with Gasteiger partial charge in [0.05, 0.1) is 0 Å². The number of hydrogen-bond acceptors (Lipinski definition) is 3. The van der Waals surface area contributed by atoms with Gasteiger partial charge in [0.25, 0.3) is 5.91 Å². The Morgan fingerprint density at radius 1 is 1.30 bits per heavy atom. The average molecular weight is 276 g/mol. The number of carbonyl (C=O) groups excluding carboxylic acids is 1. The number of benzene rings is 1. The summed E-state index contributed by atoms with van der Waals surface area (Å²) in [6, 6.07) is 8.57. The van der Waals surface area contributed by atoms with Crippen molar-refractivity contribution < 1.29 is 9.53 Å². The van der Waals surface area contributed by atoms with Crippen LogP contribution in [0.5, 0.6) is 5.75 Å². The number of ether oxygens (including phenoxy) is 1. The summed E-state index contributed by atoms with van der Waals surface area (Å²) in [7, 11) is 0. The third-order valence-corrected chi connectivity index (χ3v) is 3.61. The number of nitrogens with zero attached hydrogens (tertiary/aromatic N) is 1. The first-order valence-electron chi connectivity index (χ1n) is 7.34. The Morgan fingerprint density at radius 3 is 2.60 bits per heavy atom. The fraction of sp³-hybridized carbons (Fsp3) is 0.562. The van der Waals surface area contributed by atoms with Gasteiger partial charge in [-0.1, -0.05) is 25.1 Å². The molecule has 0 aromatic heterocycles. The van der Waals surface area contributed by atoms with Crippen molar-refractivity contribution in [3.8, 4) is 5.75 Å². The number of carbonyl (C=O) groups is 1. The van der Waals surface area contributed by atoms with E-state index in [2.05, 4.69) is 26.1 Å². The third-order valence-electron chi connectivity index (χ3n) is 3.61. The van der Waals surface area contributed by atoms with Gasteiger partial charge in [-0.3, -0.25) is 4.79 Å². The zero-order valence-electron chi connectivity index (χ0n) is 12.6. The lowest BCUT2D eigenvalue weighted by atomic mass is 10.1. The molecule has 4 nitrogen and oxygen atoms in total. The van der Waals surface area contributed by atoms with Gasteiger partial charge in [0, 0.05) is 25.2 Å². The molecule has 4 heteroatoms. The number of rotatable bonds is 4. The number of piperazine rings is 1. The van der Waals surface area contributed by atoms with Crippen molar-refractivity contribution in [3.05, 3.63) is 29.8 Å². The van der Waals surface area contributed by atoms with E-state index in [0.29, 0.717) is 12.1 Å². The first-order valence-corrected chi connectivity index (χ1v) is 7.34. The maximum absolute atomic E-state index is 12.2. The predicted octanol–water partition coefficient (Wildman–Crippen LogP) is 1.84. The molecule has 1 N–H and O–H groups in total. The van der Waals surface area contributed by atoms with E-state index in [9.17, 15) is 4.79 Å². The van der Waals surface area contributed by atoms with E-state index in [-0.39, 0.29) is 12.5 Å². The maximum atomic E-state index is 12.2.